The van der Waals surface area contributed by atoms with Crippen molar-refractivity contribution in [3.8, 4) is 0 Å². The minimum atomic E-state index is -1.42. The number of hydrogen-bond donors (Lipinski definition) is 2. The van der Waals surface area contributed by atoms with E-state index < -0.39 is 7.12 Å². The van der Waals surface area contributed by atoms with E-state index in [-0.39, 0.29) is 0 Å². The van der Waals surface area contributed by atoms with E-state index in [0.717, 1.165) is 16.3 Å². The van der Waals surface area contributed by atoms with E-state index in [1.807, 2.05) is 30.3 Å². The standard InChI is InChI=1S/C14H13BO2/c1-9-6-7-10-8-13(15(16)17)11-4-2-3-5-12(11)14(9)10/h2-9,16-17H,1H3. The second-order valence-corrected chi connectivity index (χ2v) is 4.54. The molecular weight excluding hydrogens is 211 g/mol. The van der Waals surface area contributed by atoms with Gasteiger partial charge in [0.25, 0.3) is 0 Å². The Bertz CT molecular complexity index is 617. The van der Waals surface area contributed by atoms with Crippen LogP contribution in [0.4, 0.5) is 0 Å². The molecule has 0 aromatic heterocycles. The first-order valence-corrected chi connectivity index (χ1v) is 5.78. The minimum absolute atomic E-state index is 0.389. The maximum Gasteiger partial charge on any atom is 0.489 e. The van der Waals surface area contributed by atoms with Crippen LogP contribution in [0.25, 0.3) is 16.8 Å². The molecule has 2 N–H and O–H groups in total. The van der Waals surface area contributed by atoms with Gasteiger partial charge in [-0.05, 0) is 27.4 Å². The lowest BCUT2D eigenvalue weighted by molar-refractivity contribution is 0.426. The zero-order valence-electron chi connectivity index (χ0n) is 9.59. The van der Waals surface area contributed by atoms with E-state index >= 15 is 0 Å². The second-order valence-electron chi connectivity index (χ2n) is 4.54. The van der Waals surface area contributed by atoms with Crippen molar-refractivity contribution in [3.63, 3.8) is 0 Å². The van der Waals surface area contributed by atoms with Crippen molar-refractivity contribution in [2.24, 2.45) is 0 Å². The molecule has 2 aromatic carbocycles. The van der Waals surface area contributed by atoms with Crippen LogP contribution < -0.4 is 5.46 Å². The molecule has 0 aliphatic heterocycles. The average Bonchev–Trinajstić information content (AvgIpc) is 2.70. The Morgan fingerprint density at radius 1 is 1.12 bits per heavy atom. The Labute approximate surface area is 100 Å². The zero-order valence-corrected chi connectivity index (χ0v) is 9.59. The predicted molar refractivity (Wildman–Crippen MR) is 71.2 cm³/mol. The van der Waals surface area contributed by atoms with Gasteiger partial charge in [0.2, 0.25) is 0 Å². The van der Waals surface area contributed by atoms with Crippen LogP contribution in [0, 0.1) is 0 Å². The van der Waals surface area contributed by atoms with Gasteiger partial charge in [-0.2, -0.15) is 0 Å². The van der Waals surface area contributed by atoms with E-state index in [1.165, 1.54) is 5.56 Å². The molecule has 1 aliphatic carbocycles. The third-order valence-corrected chi connectivity index (χ3v) is 3.45. The van der Waals surface area contributed by atoms with Gasteiger partial charge in [0.15, 0.2) is 0 Å². The van der Waals surface area contributed by atoms with E-state index in [2.05, 4.69) is 19.1 Å². The Balaban J connectivity index is 2.42. The minimum Gasteiger partial charge on any atom is -0.423 e. The van der Waals surface area contributed by atoms with E-state index in [0.29, 0.717) is 11.4 Å². The van der Waals surface area contributed by atoms with Crippen LogP contribution in [0.3, 0.4) is 0 Å². The molecule has 2 aromatic rings. The van der Waals surface area contributed by atoms with Crippen LogP contribution in [0.5, 0.6) is 0 Å². The zero-order chi connectivity index (χ0) is 12.0. The summed E-state index contributed by atoms with van der Waals surface area (Å²) in [5.41, 5.74) is 2.96. The first-order valence-electron chi connectivity index (χ1n) is 5.78. The molecule has 17 heavy (non-hydrogen) atoms. The van der Waals surface area contributed by atoms with Gasteiger partial charge in [0, 0.05) is 5.92 Å². The fraction of sp³-hybridized carbons (Fsp3) is 0.143. The van der Waals surface area contributed by atoms with Crippen LogP contribution in [0.1, 0.15) is 24.0 Å². The van der Waals surface area contributed by atoms with Crippen molar-refractivity contribution in [2.45, 2.75) is 12.8 Å². The van der Waals surface area contributed by atoms with E-state index in [9.17, 15) is 10.0 Å². The molecule has 0 saturated carbocycles. The summed E-state index contributed by atoms with van der Waals surface area (Å²) in [6.45, 7) is 2.16. The molecule has 1 aliphatic rings. The summed E-state index contributed by atoms with van der Waals surface area (Å²) >= 11 is 0. The van der Waals surface area contributed by atoms with Crippen molar-refractivity contribution in [2.75, 3.05) is 0 Å². The maximum atomic E-state index is 9.45. The highest BCUT2D eigenvalue weighted by Gasteiger charge is 2.22. The molecular formula is C14H13BO2. The summed E-state index contributed by atoms with van der Waals surface area (Å²) < 4.78 is 0. The molecule has 0 amide bonds. The Morgan fingerprint density at radius 2 is 1.82 bits per heavy atom. The Morgan fingerprint density at radius 3 is 2.53 bits per heavy atom. The van der Waals surface area contributed by atoms with Crippen molar-refractivity contribution in [1.29, 1.82) is 0 Å². The second kappa shape index (κ2) is 3.72. The van der Waals surface area contributed by atoms with Crippen molar-refractivity contribution in [3.05, 3.63) is 47.5 Å². The number of rotatable bonds is 1. The monoisotopic (exact) mass is 224 g/mol. The van der Waals surface area contributed by atoms with Crippen molar-refractivity contribution >= 4 is 29.4 Å². The van der Waals surface area contributed by atoms with Crippen LogP contribution in [0.15, 0.2) is 36.4 Å². The highest BCUT2D eigenvalue weighted by molar-refractivity contribution is 6.62. The highest BCUT2D eigenvalue weighted by Crippen LogP contribution is 2.34. The van der Waals surface area contributed by atoms with Crippen LogP contribution in [-0.4, -0.2) is 17.2 Å². The molecule has 1 atom stereocenters. The molecule has 0 spiro atoms. The van der Waals surface area contributed by atoms with E-state index in [4.69, 9.17) is 0 Å². The number of fused-ring (bicyclic) bond motifs is 3. The largest absolute Gasteiger partial charge is 0.489 e. The summed E-state index contributed by atoms with van der Waals surface area (Å²) in [6, 6.07) is 9.77. The molecule has 0 heterocycles. The number of hydrogen-bond acceptors (Lipinski definition) is 2. The molecule has 2 nitrogen and oxygen atoms in total. The van der Waals surface area contributed by atoms with Gasteiger partial charge in [0.1, 0.15) is 0 Å². The molecule has 0 saturated heterocycles. The number of benzene rings is 2. The number of allylic oxidation sites excluding steroid dienone is 1. The van der Waals surface area contributed by atoms with Gasteiger partial charge in [-0.1, -0.05) is 49.4 Å². The van der Waals surface area contributed by atoms with Gasteiger partial charge in [0.05, 0.1) is 0 Å². The SMILES string of the molecule is CC1C=Cc2cc(B(O)O)c3ccccc3c21. The van der Waals surface area contributed by atoms with Gasteiger partial charge in [-0.15, -0.1) is 0 Å². The summed E-state index contributed by atoms with van der Waals surface area (Å²) in [4.78, 5) is 0. The maximum absolute atomic E-state index is 9.45. The fourth-order valence-corrected chi connectivity index (χ4v) is 2.65. The quantitative estimate of drug-likeness (QED) is 0.723. The molecule has 3 rings (SSSR count). The van der Waals surface area contributed by atoms with Crippen molar-refractivity contribution < 1.29 is 10.0 Å². The molecule has 0 fully saturated rings. The molecule has 0 radical (unpaired) electrons. The lowest BCUT2D eigenvalue weighted by Crippen LogP contribution is -2.31. The van der Waals surface area contributed by atoms with Gasteiger partial charge < -0.3 is 10.0 Å². The first kappa shape index (κ1) is 10.6. The van der Waals surface area contributed by atoms with Gasteiger partial charge in [-0.25, -0.2) is 0 Å². The topological polar surface area (TPSA) is 40.5 Å². The molecule has 0 bridgehead atoms. The Kier molecular flexibility index (Phi) is 2.32. The normalized spacial score (nSPS) is 17.5. The summed E-state index contributed by atoms with van der Waals surface area (Å²) in [7, 11) is -1.42. The molecule has 84 valence electrons. The van der Waals surface area contributed by atoms with Gasteiger partial charge in [-0.3, -0.25) is 0 Å². The molecule has 1 unspecified atom stereocenters. The van der Waals surface area contributed by atoms with Crippen molar-refractivity contribution in [1.82, 2.24) is 0 Å². The molecule has 3 heteroatoms. The summed E-state index contributed by atoms with van der Waals surface area (Å²) in [5, 5.41) is 20.9. The van der Waals surface area contributed by atoms with Crippen LogP contribution >= 0.6 is 0 Å². The summed E-state index contributed by atoms with van der Waals surface area (Å²) in [6.07, 6.45) is 4.20. The average molecular weight is 224 g/mol. The van der Waals surface area contributed by atoms with E-state index in [1.54, 1.807) is 0 Å². The fourth-order valence-electron chi connectivity index (χ4n) is 2.65. The van der Waals surface area contributed by atoms with Crippen LogP contribution in [0.2, 0.25) is 0 Å². The third-order valence-electron chi connectivity index (χ3n) is 3.45. The third kappa shape index (κ3) is 1.51. The lowest BCUT2D eigenvalue weighted by atomic mass is 9.75. The lowest BCUT2D eigenvalue weighted by Gasteiger charge is -2.13. The smallest absolute Gasteiger partial charge is 0.423 e. The van der Waals surface area contributed by atoms with Crippen LogP contribution in [-0.2, 0) is 0 Å². The first-order chi connectivity index (χ1) is 8.18. The van der Waals surface area contributed by atoms with Gasteiger partial charge >= 0.3 is 7.12 Å². The summed E-state index contributed by atoms with van der Waals surface area (Å²) in [5.74, 6) is 0.389. The predicted octanol–water partition coefficient (Wildman–Crippen LogP) is 1.65. The highest BCUT2D eigenvalue weighted by atomic mass is 16.4. The Hall–Kier alpha value is -1.58.